The first kappa shape index (κ1) is 10.4. The quantitative estimate of drug-likeness (QED) is 0.462. The zero-order valence-corrected chi connectivity index (χ0v) is 10.4. The smallest absolute Gasteiger partial charge is 0.173 e. The Balaban J connectivity index is 2.11. The van der Waals surface area contributed by atoms with E-state index in [0.717, 1.165) is 25.8 Å². The molecule has 1 aliphatic carbocycles. The van der Waals surface area contributed by atoms with Crippen LogP contribution in [0.5, 0.6) is 0 Å². The molecule has 3 heteroatoms. The normalized spacial score (nSPS) is 46.2. The Morgan fingerprint density at radius 1 is 1.56 bits per heavy atom. The standard InChI is InChI=1S/C13H20N2O/c1-13-8-9-15(3,16)12(13)14(2)11-7-5-4-6-10(11)13/h5,7,12H,4,6,8-9H2,1-3H3. The number of likely N-dealkylation sites (N-methyl/N-ethyl adjacent to an activating group) is 1. The minimum absolute atomic E-state index is 0.0975. The van der Waals surface area contributed by atoms with Crippen molar-refractivity contribution in [1.82, 2.24) is 4.90 Å². The van der Waals surface area contributed by atoms with Crippen LogP contribution in [0, 0.1) is 10.6 Å². The molecule has 0 aromatic rings. The van der Waals surface area contributed by atoms with Crippen LogP contribution in [0.2, 0.25) is 0 Å². The molecule has 88 valence electrons. The average Bonchev–Trinajstić information content (AvgIpc) is 2.62. The predicted molar refractivity (Wildman–Crippen MR) is 64.1 cm³/mol. The highest BCUT2D eigenvalue weighted by atomic mass is 16.6. The number of fused-ring (bicyclic) bond motifs is 2. The number of hydrogen-bond acceptors (Lipinski definition) is 2. The molecule has 2 heterocycles. The Kier molecular flexibility index (Phi) is 1.88. The third kappa shape index (κ3) is 1.05. The predicted octanol–water partition coefficient (Wildman–Crippen LogP) is 2.22. The van der Waals surface area contributed by atoms with E-state index in [0.29, 0.717) is 0 Å². The maximum atomic E-state index is 12.5. The van der Waals surface area contributed by atoms with Crippen LogP contribution in [0.3, 0.4) is 0 Å². The number of quaternary nitrogens is 1. The number of allylic oxidation sites excluding steroid dienone is 2. The van der Waals surface area contributed by atoms with E-state index < -0.39 is 0 Å². The van der Waals surface area contributed by atoms with Gasteiger partial charge in [-0.3, -0.25) is 0 Å². The molecule has 0 radical (unpaired) electrons. The van der Waals surface area contributed by atoms with Crippen molar-refractivity contribution in [3.63, 3.8) is 0 Å². The van der Waals surface area contributed by atoms with Crippen molar-refractivity contribution in [2.45, 2.75) is 32.4 Å². The highest BCUT2D eigenvalue weighted by Gasteiger charge is 2.58. The van der Waals surface area contributed by atoms with Crippen molar-refractivity contribution >= 4 is 0 Å². The van der Waals surface area contributed by atoms with Gasteiger partial charge >= 0.3 is 0 Å². The lowest BCUT2D eigenvalue weighted by Crippen LogP contribution is -2.52. The molecule has 0 aromatic heterocycles. The maximum absolute atomic E-state index is 12.5. The van der Waals surface area contributed by atoms with Crippen LogP contribution in [-0.2, 0) is 0 Å². The Labute approximate surface area is 97.2 Å². The minimum Gasteiger partial charge on any atom is -0.631 e. The van der Waals surface area contributed by atoms with Gasteiger partial charge in [-0.2, -0.15) is 0 Å². The molecule has 0 amide bonds. The first-order valence-corrected chi connectivity index (χ1v) is 6.16. The first-order valence-electron chi connectivity index (χ1n) is 6.16. The van der Waals surface area contributed by atoms with Gasteiger partial charge in [-0.15, -0.1) is 0 Å². The molecule has 0 bridgehead atoms. The second-order valence-electron chi connectivity index (χ2n) is 5.85. The van der Waals surface area contributed by atoms with Gasteiger partial charge in [0.05, 0.1) is 19.0 Å². The summed E-state index contributed by atoms with van der Waals surface area (Å²) in [6.07, 6.45) is 7.85. The van der Waals surface area contributed by atoms with Crippen LogP contribution in [0.25, 0.3) is 0 Å². The Morgan fingerprint density at radius 2 is 2.31 bits per heavy atom. The van der Waals surface area contributed by atoms with E-state index in [1.807, 2.05) is 7.05 Å². The Hall–Kier alpha value is -0.800. The SMILES string of the molecule is CN1C2=C(CCC=C2)C2(C)CC[N+](C)([O-])C12. The lowest BCUT2D eigenvalue weighted by Gasteiger charge is -2.45. The minimum atomic E-state index is -0.103. The lowest BCUT2D eigenvalue weighted by atomic mass is 9.77. The highest BCUT2D eigenvalue weighted by Crippen LogP contribution is 2.55. The third-order valence-electron chi connectivity index (χ3n) is 4.74. The second-order valence-corrected chi connectivity index (χ2v) is 5.85. The summed E-state index contributed by atoms with van der Waals surface area (Å²) in [4.78, 5) is 2.23. The van der Waals surface area contributed by atoms with Crippen LogP contribution >= 0.6 is 0 Å². The molecule has 3 rings (SSSR count). The molecule has 0 saturated carbocycles. The number of nitrogens with zero attached hydrogens (tertiary/aromatic N) is 2. The summed E-state index contributed by atoms with van der Waals surface area (Å²) in [5, 5.41) is 12.5. The molecule has 1 fully saturated rings. The van der Waals surface area contributed by atoms with Gasteiger partial charge in [0.25, 0.3) is 0 Å². The van der Waals surface area contributed by atoms with Crippen molar-refractivity contribution in [3.8, 4) is 0 Å². The van der Waals surface area contributed by atoms with Crippen LogP contribution < -0.4 is 0 Å². The van der Waals surface area contributed by atoms with Gasteiger partial charge in [0.2, 0.25) is 0 Å². The topological polar surface area (TPSA) is 26.3 Å². The van der Waals surface area contributed by atoms with Crippen molar-refractivity contribution < 1.29 is 4.65 Å². The summed E-state index contributed by atoms with van der Waals surface area (Å²) < 4.78 is -0.103. The summed E-state index contributed by atoms with van der Waals surface area (Å²) in [6, 6.07) is 0. The monoisotopic (exact) mass is 220 g/mol. The molecule has 1 saturated heterocycles. The molecule has 3 unspecified atom stereocenters. The van der Waals surface area contributed by atoms with Gasteiger partial charge < -0.3 is 14.8 Å². The molecule has 2 aliphatic heterocycles. The molecule has 3 aliphatic rings. The van der Waals surface area contributed by atoms with Crippen LogP contribution in [-0.4, -0.2) is 36.4 Å². The lowest BCUT2D eigenvalue weighted by molar-refractivity contribution is -0.886. The van der Waals surface area contributed by atoms with E-state index in [9.17, 15) is 5.21 Å². The number of hydroxylamine groups is 3. The number of hydrogen-bond donors (Lipinski definition) is 0. The zero-order chi connectivity index (χ0) is 11.6. The fourth-order valence-corrected chi connectivity index (χ4v) is 4.10. The molecular formula is C13H20N2O. The van der Waals surface area contributed by atoms with Gasteiger partial charge in [0.1, 0.15) is 0 Å². The van der Waals surface area contributed by atoms with E-state index >= 15 is 0 Å². The van der Waals surface area contributed by atoms with Crippen LogP contribution in [0.15, 0.2) is 23.4 Å². The largest absolute Gasteiger partial charge is 0.631 e. The summed E-state index contributed by atoms with van der Waals surface area (Å²) in [6.45, 7) is 3.04. The molecule has 3 nitrogen and oxygen atoms in total. The van der Waals surface area contributed by atoms with Gasteiger partial charge in [-0.1, -0.05) is 6.08 Å². The number of rotatable bonds is 0. The van der Waals surface area contributed by atoms with E-state index in [4.69, 9.17) is 0 Å². The molecule has 16 heavy (non-hydrogen) atoms. The molecule has 0 aromatic carbocycles. The van der Waals surface area contributed by atoms with Crippen molar-refractivity contribution in [3.05, 3.63) is 28.6 Å². The van der Waals surface area contributed by atoms with E-state index in [1.54, 1.807) is 0 Å². The van der Waals surface area contributed by atoms with Crippen molar-refractivity contribution in [2.24, 2.45) is 5.41 Å². The molecule has 0 spiro atoms. The number of likely N-dealkylation sites (tertiary alicyclic amines) is 1. The summed E-state index contributed by atoms with van der Waals surface area (Å²) in [5.41, 5.74) is 2.96. The van der Waals surface area contributed by atoms with Gasteiger partial charge in [0.15, 0.2) is 6.17 Å². The van der Waals surface area contributed by atoms with Gasteiger partial charge in [-0.05, 0) is 31.4 Å². The highest BCUT2D eigenvalue weighted by molar-refractivity contribution is 5.39. The summed E-state index contributed by atoms with van der Waals surface area (Å²) in [5.74, 6) is 0. The van der Waals surface area contributed by atoms with E-state index in [1.165, 1.54) is 11.3 Å². The van der Waals surface area contributed by atoms with Gasteiger partial charge in [0, 0.05) is 19.2 Å². The zero-order valence-electron chi connectivity index (χ0n) is 10.4. The van der Waals surface area contributed by atoms with Crippen LogP contribution in [0.1, 0.15) is 26.2 Å². The van der Waals surface area contributed by atoms with E-state index in [2.05, 4.69) is 31.0 Å². The maximum Gasteiger partial charge on any atom is 0.173 e. The molecule has 0 N–H and O–H groups in total. The average molecular weight is 220 g/mol. The summed E-state index contributed by atoms with van der Waals surface area (Å²) >= 11 is 0. The van der Waals surface area contributed by atoms with Crippen molar-refractivity contribution in [2.75, 3.05) is 20.6 Å². The fraction of sp³-hybridized carbons (Fsp3) is 0.692. The molecular weight excluding hydrogens is 200 g/mol. The van der Waals surface area contributed by atoms with Crippen molar-refractivity contribution in [1.29, 1.82) is 0 Å². The second kappa shape index (κ2) is 2.90. The molecule has 3 atom stereocenters. The Morgan fingerprint density at radius 3 is 3.06 bits per heavy atom. The summed E-state index contributed by atoms with van der Waals surface area (Å²) in [7, 11) is 3.91. The van der Waals surface area contributed by atoms with Crippen LogP contribution in [0.4, 0.5) is 0 Å². The Bertz CT molecular complexity index is 397. The fourth-order valence-electron chi connectivity index (χ4n) is 4.10. The van der Waals surface area contributed by atoms with E-state index in [-0.39, 0.29) is 16.2 Å². The first-order chi connectivity index (χ1) is 7.47. The third-order valence-corrected chi connectivity index (χ3v) is 4.74. The van der Waals surface area contributed by atoms with Gasteiger partial charge in [-0.25, -0.2) is 0 Å².